The zero-order valence-corrected chi connectivity index (χ0v) is 17.8. The van der Waals surface area contributed by atoms with Crippen LogP contribution in [-0.2, 0) is 4.79 Å². The van der Waals surface area contributed by atoms with Gasteiger partial charge in [0.15, 0.2) is 23.9 Å². The van der Waals surface area contributed by atoms with E-state index in [2.05, 4.69) is 5.10 Å². The Balaban J connectivity index is 1.40. The molecule has 166 valence electrons. The van der Waals surface area contributed by atoms with Crippen molar-refractivity contribution in [2.75, 3.05) is 13.7 Å². The fraction of sp³-hybridized carbons (Fsp3) is 0.160. The summed E-state index contributed by atoms with van der Waals surface area (Å²) in [4.78, 5) is 24.1. The number of amides is 1. The monoisotopic (exact) mass is 444 g/mol. The third-order valence-electron chi connectivity index (χ3n) is 5.42. The molecule has 1 atom stereocenters. The third-order valence-corrected chi connectivity index (χ3v) is 5.42. The van der Waals surface area contributed by atoms with Crippen LogP contribution in [0.5, 0.6) is 11.5 Å². The predicted molar refractivity (Wildman–Crippen MR) is 120 cm³/mol. The number of carbonyl (C=O) groups is 2. The Labute approximate surface area is 189 Å². The average Bonchev–Trinajstić information content (AvgIpc) is 3.60. The maximum Gasteiger partial charge on any atom is 0.281 e. The van der Waals surface area contributed by atoms with E-state index in [-0.39, 0.29) is 12.5 Å². The number of ether oxygens (including phenoxy) is 2. The molecule has 1 aliphatic heterocycles. The summed E-state index contributed by atoms with van der Waals surface area (Å²) < 4.78 is 22.5. The molecule has 0 fully saturated rings. The van der Waals surface area contributed by atoms with Gasteiger partial charge in [-0.2, -0.15) is 5.10 Å². The standard InChI is InChI=1S/C25H20N2O6/c1-30-24-11-16(14-28)8-9-22(24)32-15-25(29)27-19(21-7-4-10-31-21)13-18(26-27)23-12-17-5-2-3-6-20(17)33-23/h2-12,14,19H,13,15H2,1H3. The van der Waals surface area contributed by atoms with Crippen molar-refractivity contribution in [2.45, 2.75) is 12.5 Å². The van der Waals surface area contributed by atoms with Crippen molar-refractivity contribution in [3.05, 3.63) is 84.0 Å². The Bertz CT molecular complexity index is 1310. The van der Waals surface area contributed by atoms with Crippen LogP contribution in [0.25, 0.3) is 11.0 Å². The summed E-state index contributed by atoms with van der Waals surface area (Å²) in [5.41, 5.74) is 1.85. The molecular weight excluding hydrogens is 424 g/mol. The molecule has 2 aromatic heterocycles. The number of para-hydroxylation sites is 1. The highest BCUT2D eigenvalue weighted by atomic mass is 16.5. The predicted octanol–water partition coefficient (Wildman–Crippen LogP) is 4.60. The fourth-order valence-electron chi connectivity index (χ4n) is 3.80. The van der Waals surface area contributed by atoms with Gasteiger partial charge >= 0.3 is 0 Å². The first-order valence-electron chi connectivity index (χ1n) is 10.3. The molecule has 4 aromatic rings. The van der Waals surface area contributed by atoms with Gasteiger partial charge in [-0.3, -0.25) is 9.59 Å². The van der Waals surface area contributed by atoms with Gasteiger partial charge in [-0.05, 0) is 42.5 Å². The summed E-state index contributed by atoms with van der Waals surface area (Å²) >= 11 is 0. The molecule has 0 saturated heterocycles. The van der Waals surface area contributed by atoms with Gasteiger partial charge in [-0.1, -0.05) is 18.2 Å². The maximum atomic E-state index is 13.1. The van der Waals surface area contributed by atoms with Crippen molar-refractivity contribution < 1.29 is 27.9 Å². The van der Waals surface area contributed by atoms with Crippen LogP contribution >= 0.6 is 0 Å². The Morgan fingerprint density at radius 1 is 1.15 bits per heavy atom. The molecule has 0 spiro atoms. The van der Waals surface area contributed by atoms with Gasteiger partial charge in [0.1, 0.15) is 29.4 Å². The molecule has 8 nitrogen and oxygen atoms in total. The van der Waals surface area contributed by atoms with Gasteiger partial charge in [0.05, 0.1) is 13.4 Å². The number of hydrazone groups is 1. The Morgan fingerprint density at radius 2 is 2.03 bits per heavy atom. The zero-order valence-electron chi connectivity index (χ0n) is 17.8. The molecule has 0 aliphatic carbocycles. The number of fused-ring (bicyclic) bond motifs is 1. The molecule has 0 bridgehead atoms. The zero-order chi connectivity index (χ0) is 22.8. The van der Waals surface area contributed by atoms with Crippen LogP contribution < -0.4 is 9.47 Å². The molecule has 0 saturated carbocycles. The van der Waals surface area contributed by atoms with E-state index in [1.165, 1.54) is 12.1 Å². The summed E-state index contributed by atoms with van der Waals surface area (Å²) in [6.45, 7) is -0.273. The molecule has 0 radical (unpaired) electrons. The molecule has 33 heavy (non-hydrogen) atoms. The molecule has 0 N–H and O–H groups in total. The molecule has 5 rings (SSSR count). The maximum absolute atomic E-state index is 13.1. The van der Waals surface area contributed by atoms with Crippen LogP contribution in [-0.4, -0.2) is 36.6 Å². The van der Waals surface area contributed by atoms with E-state index >= 15 is 0 Å². The largest absolute Gasteiger partial charge is 0.493 e. The van der Waals surface area contributed by atoms with E-state index in [0.717, 1.165) is 11.0 Å². The van der Waals surface area contributed by atoms with Crippen LogP contribution in [0.1, 0.15) is 34.3 Å². The summed E-state index contributed by atoms with van der Waals surface area (Å²) in [5.74, 6) is 1.58. The normalized spacial score (nSPS) is 15.5. The van der Waals surface area contributed by atoms with Crippen molar-refractivity contribution in [3.63, 3.8) is 0 Å². The fourth-order valence-corrected chi connectivity index (χ4v) is 3.80. The lowest BCUT2D eigenvalue weighted by Gasteiger charge is -2.20. The lowest BCUT2D eigenvalue weighted by Crippen LogP contribution is -2.31. The minimum Gasteiger partial charge on any atom is -0.493 e. The highest BCUT2D eigenvalue weighted by Gasteiger charge is 2.36. The second-order valence-corrected chi connectivity index (χ2v) is 7.49. The quantitative estimate of drug-likeness (QED) is 0.387. The van der Waals surface area contributed by atoms with E-state index in [9.17, 15) is 9.59 Å². The molecule has 1 unspecified atom stereocenters. The molecule has 2 aromatic carbocycles. The number of hydrogen-bond acceptors (Lipinski definition) is 7. The Kier molecular flexibility index (Phi) is 5.40. The van der Waals surface area contributed by atoms with Gasteiger partial charge in [0, 0.05) is 17.4 Å². The number of methoxy groups -OCH3 is 1. The average molecular weight is 444 g/mol. The first-order chi connectivity index (χ1) is 16.2. The number of carbonyl (C=O) groups excluding carboxylic acids is 2. The number of rotatable bonds is 7. The van der Waals surface area contributed by atoms with E-state index < -0.39 is 6.04 Å². The lowest BCUT2D eigenvalue weighted by molar-refractivity contribution is -0.135. The molecule has 3 heterocycles. The van der Waals surface area contributed by atoms with Gasteiger partial charge < -0.3 is 18.3 Å². The number of nitrogens with zero attached hydrogens (tertiary/aromatic N) is 2. The highest BCUT2D eigenvalue weighted by molar-refractivity contribution is 6.03. The van der Waals surface area contributed by atoms with Crippen LogP contribution in [0.4, 0.5) is 0 Å². The van der Waals surface area contributed by atoms with Crippen molar-refractivity contribution in [2.24, 2.45) is 5.10 Å². The van der Waals surface area contributed by atoms with E-state index in [0.29, 0.717) is 47.0 Å². The van der Waals surface area contributed by atoms with Gasteiger partial charge in [-0.15, -0.1) is 0 Å². The van der Waals surface area contributed by atoms with Gasteiger partial charge in [-0.25, -0.2) is 5.01 Å². The van der Waals surface area contributed by atoms with Crippen LogP contribution in [0.15, 0.2) is 80.9 Å². The number of furan rings is 2. The Morgan fingerprint density at radius 3 is 2.79 bits per heavy atom. The molecule has 8 heteroatoms. The summed E-state index contributed by atoms with van der Waals surface area (Å²) in [6, 6.07) is 17.5. The van der Waals surface area contributed by atoms with Gasteiger partial charge in [0.2, 0.25) is 0 Å². The van der Waals surface area contributed by atoms with Crippen molar-refractivity contribution in [3.8, 4) is 11.5 Å². The number of aldehydes is 1. The van der Waals surface area contributed by atoms with E-state index in [1.54, 1.807) is 30.5 Å². The van der Waals surface area contributed by atoms with Crippen LogP contribution in [0.2, 0.25) is 0 Å². The third kappa shape index (κ3) is 3.98. The number of benzene rings is 2. The van der Waals surface area contributed by atoms with Crippen molar-refractivity contribution in [1.29, 1.82) is 0 Å². The minimum absolute atomic E-state index is 0.273. The first kappa shape index (κ1) is 20.6. The second kappa shape index (κ2) is 8.66. The smallest absolute Gasteiger partial charge is 0.281 e. The van der Waals surface area contributed by atoms with Crippen LogP contribution in [0, 0.1) is 0 Å². The Hall–Kier alpha value is -4.33. The summed E-state index contributed by atoms with van der Waals surface area (Å²) in [7, 11) is 1.47. The van der Waals surface area contributed by atoms with Crippen molar-refractivity contribution >= 4 is 28.9 Å². The van der Waals surface area contributed by atoms with Crippen LogP contribution in [0.3, 0.4) is 0 Å². The molecule has 1 aliphatic rings. The first-order valence-corrected chi connectivity index (χ1v) is 10.3. The lowest BCUT2D eigenvalue weighted by atomic mass is 10.1. The molecular formula is C25H20N2O6. The van der Waals surface area contributed by atoms with Crippen molar-refractivity contribution in [1.82, 2.24) is 5.01 Å². The highest BCUT2D eigenvalue weighted by Crippen LogP contribution is 2.35. The van der Waals surface area contributed by atoms with E-state index in [4.69, 9.17) is 18.3 Å². The molecule has 1 amide bonds. The number of hydrogen-bond donors (Lipinski definition) is 0. The van der Waals surface area contributed by atoms with E-state index in [1.807, 2.05) is 36.4 Å². The minimum atomic E-state index is -0.418. The SMILES string of the molecule is COc1cc(C=O)ccc1OCC(=O)N1N=C(c2cc3ccccc3o2)CC1c1ccco1. The topological polar surface area (TPSA) is 94.5 Å². The van der Waals surface area contributed by atoms with Gasteiger partial charge in [0.25, 0.3) is 5.91 Å². The summed E-state index contributed by atoms with van der Waals surface area (Å²) in [5, 5.41) is 6.89. The second-order valence-electron chi connectivity index (χ2n) is 7.49. The summed E-state index contributed by atoms with van der Waals surface area (Å²) in [6.07, 6.45) is 2.72.